The van der Waals surface area contributed by atoms with Crippen molar-refractivity contribution in [2.75, 3.05) is 19.6 Å². The van der Waals surface area contributed by atoms with Gasteiger partial charge in [-0.2, -0.15) is 5.10 Å². The van der Waals surface area contributed by atoms with Crippen LogP contribution in [0.15, 0.2) is 54.9 Å². The van der Waals surface area contributed by atoms with E-state index in [9.17, 15) is 13.2 Å². The maximum Gasteiger partial charge on any atom is 0.274 e. The molecule has 0 bridgehead atoms. The van der Waals surface area contributed by atoms with Crippen LogP contribution in [-0.2, 0) is 15.8 Å². The molecule has 3 heterocycles. The van der Waals surface area contributed by atoms with E-state index in [2.05, 4.69) is 14.8 Å². The molecule has 1 atom stereocenters. The topological polar surface area (TPSA) is 96.7 Å². The third-order valence-corrected chi connectivity index (χ3v) is 6.37. The molecule has 0 aliphatic carbocycles. The fourth-order valence-corrected chi connectivity index (χ4v) is 4.83. The first kappa shape index (κ1) is 19.5. The minimum atomic E-state index is -3.42. The van der Waals surface area contributed by atoms with Crippen molar-refractivity contribution in [3.63, 3.8) is 0 Å². The highest BCUT2D eigenvalue weighted by Crippen LogP contribution is 2.19. The molecule has 1 aliphatic rings. The minimum Gasteiger partial charge on any atom is -0.337 e. The summed E-state index contributed by atoms with van der Waals surface area (Å²) in [5.41, 5.74) is 1.73. The Kier molecular flexibility index (Phi) is 5.59. The number of likely N-dealkylation sites (tertiary alicyclic amines) is 1. The lowest BCUT2D eigenvalue weighted by molar-refractivity contribution is 0.0670. The fraction of sp³-hybridized carbons (Fsp3) is 0.350. The van der Waals surface area contributed by atoms with Crippen LogP contribution < -0.4 is 4.72 Å². The van der Waals surface area contributed by atoms with Gasteiger partial charge in [0, 0.05) is 38.1 Å². The molecule has 1 amide bonds. The molecule has 1 aliphatic heterocycles. The smallest absolute Gasteiger partial charge is 0.274 e. The molecule has 0 radical (unpaired) electrons. The van der Waals surface area contributed by atoms with Crippen molar-refractivity contribution in [3.05, 3.63) is 66.1 Å². The molecule has 1 saturated heterocycles. The molecule has 1 fully saturated rings. The van der Waals surface area contributed by atoms with Gasteiger partial charge in [-0.3, -0.25) is 4.79 Å². The molecular weight excluding hydrogens is 390 g/mol. The van der Waals surface area contributed by atoms with Crippen LogP contribution in [0.3, 0.4) is 0 Å². The molecule has 29 heavy (non-hydrogen) atoms. The van der Waals surface area contributed by atoms with Gasteiger partial charge in [0.25, 0.3) is 5.91 Å². The maximum absolute atomic E-state index is 12.8. The third kappa shape index (κ3) is 4.80. The molecule has 0 spiro atoms. The van der Waals surface area contributed by atoms with E-state index in [0.29, 0.717) is 31.0 Å². The minimum absolute atomic E-state index is 0.0442. The van der Waals surface area contributed by atoms with E-state index in [4.69, 9.17) is 0 Å². The fourth-order valence-electron chi connectivity index (χ4n) is 3.60. The van der Waals surface area contributed by atoms with Crippen LogP contribution in [0, 0.1) is 5.92 Å². The molecule has 0 unspecified atom stereocenters. The van der Waals surface area contributed by atoms with E-state index in [0.717, 1.165) is 18.4 Å². The van der Waals surface area contributed by atoms with Crippen molar-refractivity contribution in [2.45, 2.75) is 18.6 Å². The van der Waals surface area contributed by atoms with Crippen LogP contribution in [0.5, 0.6) is 0 Å². The summed E-state index contributed by atoms with van der Waals surface area (Å²) in [6.45, 7) is 1.48. The predicted molar refractivity (Wildman–Crippen MR) is 109 cm³/mol. The Hall–Kier alpha value is -2.78. The first-order valence-corrected chi connectivity index (χ1v) is 11.3. The summed E-state index contributed by atoms with van der Waals surface area (Å²) in [4.78, 5) is 18.8. The second-order valence-electron chi connectivity index (χ2n) is 7.30. The number of nitrogens with zero attached hydrogens (tertiary/aromatic N) is 4. The van der Waals surface area contributed by atoms with Crippen LogP contribution in [0.2, 0.25) is 0 Å². The summed E-state index contributed by atoms with van der Waals surface area (Å²) in [6.07, 6.45) is 5.12. The van der Waals surface area contributed by atoms with E-state index in [1.165, 1.54) is 0 Å². The number of benzene rings is 1. The average Bonchev–Trinajstić information content (AvgIpc) is 3.17. The van der Waals surface area contributed by atoms with Gasteiger partial charge in [0.05, 0.1) is 5.75 Å². The van der Waals surface area contributed by atoms with Gasteiger partial charge in [-0.25, -0.2) is 22.6 Å². The monoisotopic (exact) mass is 413 g/mol. The van der Waals surface area contributed by atoms with Crippen molar-refractivity contribution < 1.29 is 13.2 Å². The normalized spacial score (nSPS) is 17.5. The van der Waals surface area contributed by atoms with Gasteiger partial charge in [0.2, 0.25) is 10.0 Å². The van der Waals surface area contributed by atoms with Crippen molar-refractivity contribution >= 4 is 21.6 Å². The zero-order valence-electron chi connectivity index (χ0n) is 15.9. The maximum atomic E-state index is 12.8. The molecule has 3 aromatic rings. The lowest BCUT2D eigenvalue weighted by Gasteiger charge is -2.32. The number of piperidine rings is 1. The Morgan fingerprint density at radius 1 is 1.21 bits per heavy atom. The van der Waals surface area contributed by atoms with Gasteiger partial charge >= 0.3 is 0 Å². The zero-order valence-corrected chi connectivity index (χ0v) is 16.8. The number of aromatic nitrogens is 3. The van der Waals surface area contributed by atoms with Crippen molar-refractivity contribution in [1.29, 1.82) is 0 Å². The predicted octanol–water partition coefficient (Wildman–Crippen LogP) is 1.70. The Bertz CT molecular complexity index is 1060. The van der Waals surface area contributed by atoms with Gasteiger partial charge in [-0.1, -0.05) is 30.3 Å². The SMILES string of the molecule is O=C(c1cc2ncccn2n1)N1CCC[C@H](CNS(=O)(=O)Cc2ccccc2)C1. The van der Waals surface area contributed by atoms with Gasteiger partial charge in [-0.15, -0.1) is 0 Å². The Morgan fingerprint density at radius 2 is 2.03 bits per heavy atom. The number of sulfonamides is 1. The summed E-state index contributed by atoms with van der Waals surface area (Å²) < 4.78 is 29.0. The number of hydrogen-bond acceptors (Lipinski definition) is 5. The third-order valence-electron chi connectivity index (χ3n) is 5.05. The molecule has 0 saturated carbocycles. The first-order chi connectivity index (χ1) is 14.0. The number of amides is 1. The van der Waals surface area contributed by atoms with Gasteiger partial charge in [-0.05, 0) is 30.4 Å². The first-order valence-electron chi connectivity index (χ1n) is 9.61. The van der Waals surface area contributed by atoms with E-state index in [1.54, 1.807) is 46.1 Å². The second kappa shape index (κ2) is 8.30. The number of carbonyl (C=O) groups excluding carboxylic acids is 1. The van der Waals surface area contributed by atoms with E-state index < -0.39 is 10.0 Å². The summed E-state index contributed by atoms with van der Waals surface area (Å²) in [5, 5.41) is 4.30. The second-order valence-corrected chi connectivity index (χ2v) is 9.11. The molecule has 4 rings (SSSR count). The summed E-state index contributed by atoms with van der Waals surface area (Å²) in [5.74, 6) is -0.113. The van der Waals surface area contributed by atoms with Crippen molar-refractivity contribution in [3.8, 4) is 0 Å². The number of carbonyl (C=O) groups is 1. The summed E-state index contributed by atoms with van der Waals surface area (Å²) >= 11 is 0. The molecule has 1 aromatic carbocycles. The van der Waals surface area contributed by atoms with E-state index >= 15 is 0 Å². The zero-order chi connectivity index (χ0) is 20.3. The quantitative estimate of drug-likeness (QED) is 0.663. The molecule has 2 aromatic heterocycles. The Balaban J connectivity index is 1.36. The summed E-state index contributed by atoms with van der Waals surface area (Å²) in [7, 11) is -3.42. The lowest BCUT2D eigenvalue weighted by atomic mass is 9.98. The van der Waals surface area contributed by atoms with Crippen LogP contribution in [-0.4, -0.2) is 53.5 Å². The van der Waals surface area contributed by atoms with Gasteiger partial charge in [0.15, 0.2) is 11.3 Å². The molecule has 8 nitrogen and oxygen atoms in total. The highest BCUT2D eigenvalue weighted by Gasteiger charge is 2.27. The van der Waals surface area contributed by atoms with Crippen molar-refractivity contribution in [2.24, 2.45) is 5.92 Å². The molecule has 152 valence electrons. The van der Waals surface area contributed by atoms with Gasteiger partial charge < -0.3 is 4.90 Å². The Labute approximate surface area is 169 Å². The van der Waals surface area contributed by atoms with Crippen molar-refractivity contribution in [1.82, 2.24) is 24.2 Å². The lowest BCUT2D eigenvalue weighted by Crippen LogP contribution is -2.44. The molecular formula is C20H23N5O3S. The van der Waals surface area contributed by atoms with Gasteiger partial charge in [0.1, 0.15) is 0 Å². The molecule has 1 N–H and O–H groups in total. The van der Waals surface area contributed by atoms with Crippen LogP contribution in [0.1, 0.15) is 28.9 Å². The van der Waals surface area contributed by atoms with Crippen LogP contribution >= 0.6 is 0 Å². The standard InChI is InChI=1S/C20H23N5O3S/c26-20(18-12-19-21-9-5-11-25(19)23-18)24-10-4-8-17(14-24)13-22-29(27,28)15-16-6-2-1-3-7-16/h1-3,5-7,9,11-12,17,22H,4,8,10,13-15H2/t17-/m1/s1. The average molecular weight is 414 g/mol. The van der Waals surface area contributed by atoms with Crippen LogP contribution in [0.25, 0.3) is 5.65 Å². The van der Waals surface area contributed by atoms with E-state index in [1.807, 2.05) is 18.2 Å². The largest absolute Gasteiger partial charge is 0.337 e. The van der Waals surface area contributed by atoms with Crippen LogP contribution in [0.4, 0.5) is 0 Å². The summed E-state index contributed by atoms with van der Waals surface area (Å²) in [6, 6.07) is 12.5. The number of fused-ring (bicyclic) bond motifs is 1. The molecule has 9 heteroatoms. The number of hydrogen-bond donors (Lipinski definition) is 1. The highest BCUT2D eigenvalue weighted by molar-refractivity contribution is 7.88. The highest BCUT2D eigenvalue weighted by atomic mass is 32.2. The number of rotatable bonds is 6. The Morgan fingerprint density at radius 3 is 2.83 bits per heavy atom. The number of nitrogens with one attached hydrogen (secondary N) is 1. The van der Waals surface area contributed by atoms with E-state index in [-0.39, 0.29) is 17.6 Å².